The van der Waals surface area contributed by atoms with Gasteiger partial charge in [-0.1, -0.05) is 17.3 Å². The van der Waals surface area contributed by atoms with Crippen LogP contribution < -0.4 is 5.76 Å². The van der Waals surface area contributed by atoms with E-state index in [1.54, 1.807) is 10.6 Å². The van der Waals surface area contributed by atoms with E-state index in [1.165, 1.54) is 0 Å². The largest absolute Gasteiger partial charge is 0.419 e. The number of nitrogens with zero attached hydrogens (tertiary/aromatic N) is 4. The maximum Gasteiger partial charge on any atom is 0.419 e. The Balaban J connectivity index is 1.24. The predicted molar refractivity (Wildman–Crippen MR) is 103 cm³/mol. The van der Waals surface area contributed by atoms with Crippen molar-refractivity contribution in [1.29, 1.82) is 0 Å². The summed E-state index contributed by atoms with van der Waals surface area (Å²) in [4.78, 5) is 28.7. The van der Waals surface area contributed by atoms with Crippen molar-refractivity contribution < 1.29 is 13.7 Å². The molecule has 3 aromatic rings. The monoisotopic (exact) mass is 384 g/mol. The molecule has 0 spiro atoms. The van der Waals surface area contributed by atoms with E-state index >= 15 is 0 Å². The minimum atomic E-state index is -0.370. The van der Waals surface area contributed by atoms with Crippen LogP contribution in [-0.2, 0) is 17.9 Å². The summed E-state index contributed by atoms with van der Waals surface area (Å²) in [5.74, 6) is 0.580. The minimum Gasteiger partial charge on any atom is -0.408 e. The highest BCUT2D eigenvalue weighted by molar-refractivity contribution is 5.76. The third-order valence-electron chi connectivity index (χ3n) is 5.13. The Morgan fingerprint density at radius 2 is 1.96 bits per heavy atom. The van der Waals surface area contributed by atoms with Crippen LogP contribution in [0.1, 0.15) is 24.3 Å². The first kappa shape index (κ1) is 18.5. The van der Waals surface area contributed by atoms with E-state index in [2.05, 4.69) is 10.1 Å². The fourth-order valence-electron chi connectivity index (χ4n) is 3.65. The van der Waals surface area contributed by atoms with Crippen molar-refractivity contribution in [3.8, 4) is 0 Å². The predicted octanol–water partition coefficient (Wildman–Crippen LogP) is 2.02. The number of carbonyl (C=O) groups excluding carboxylic acids is 1. The zero-order chi connectivity index (χ0) is 19.5. The molecule has 0 N–H and O–H groups in total. The molecule has 148 valence electrons. The van der Waals surface area contributed by atoms with Crippen molar-refractivity contribution in [3.63, 3.8) is 0 Å². The molecule has 0 bridgehead atoms. The van der Waals surface area contributed by atoms with Gasteiger partial charge < -0.3 is 13.8 Å². The van der Waals surface area contributed by atoms with Crippen LogP contribution in [0.15, 0.2) is 44.1 Å². The van der Waals surface area contributed by atoms with E-state index in [1.807, 2.05) is 36.1 Å². The average molecular weight is 384 g/mol. The summed E-state index contributed by atoms with van der Waals surface area (Å²) >= 11 is 0. The maximum absolute atomic E-state index is 12.5. The van der Waals surface area contributed by atoms with E-state index in [9.17, 15) is 9.59 Å². The molecule has 8 nitrogen and oxygen atoms in total. The fraction of sp³-hybridized carbons (Fsp3) is 0.450. The first-order chi connectivity index (χ1) is 13.6. The molecule has 1 aliphatic rings. The molecule has 1 amide bonds. The fourth-order valence-corrected chi connectivity index (χ4v) is 3.65. The number of rotatable bonds is 6. The first-order valence-electron chi connectivity index (χ1n) is 9.61. The number of aryl methyl sites for hydroxylation is 2. The van der Waals surface area contributed by atoms with Gasteiger partial charge >= 0.3 is 5.76 Å². The van der Waals surface area contributed by atoms with Crippen LogP contribution in [0.4, 0.5) is 0 Å². The number of oxazole rings is 1. The van der Waals surface area contributed by atoms with Crippen molar-refractivity contribution in [3.05, 3.63) is 52.3 Å². The molecule has 1 aromatic carbocycles. The van der Waals surface area contributed by atoms with Gasteiger partial charge in [0.1, 0.15) is 5.76 Å². The van der Waals surface area contributed by atoms with Gasteiger partial charge in [0.05, 0.1) is 11.2 Å². The minimum absolute atomic E-state index is 0.137. The molecular weight excluding hydrogens is 360 g/mol. The van der Waals surface area contributed by atoms with Gasteiger partial charge in [-0.15, -0.1) is 0 Å². The quantitative estimate of drug-likeness (QED) is 0.646. The van der Waals surface area contributed by atoms with E-state index in [-0.39, 0.29) is 11.7 Å². The van der Waals surface area contributed by atoms with Crippen molar-refractivity contribution >= 4 is 17.0 Å². The van der Waals surface area contributed by atoms with Crippen molar-refractivity contribution in [2.24, 2.45) is 0 Å². The summed E-state index contributed by atoms with van der Waals surface area (Å²) in [5, 5.41) is 4.02. The number of fused-ring (bicyclic) bond motifs is 1. The number of para-hydroxylation sites is 2. The van der Waals surface area contributed by atoms with Crippen LogP contribution in [0.2, 0.25) is 0 Å². The summed E-state index contributed by atoms with van der Waals surface area (Å²) in [7, 11) is 0. The second kappa shape index (κ2) is 8.02. The standard InChI is InChI=1S/C20H24N4O4/c1-15-13-16(21-28-15)14-22-9-11-23(12-10-22)19(25)7-4-8-24-17-5-2-3-6-18(17)27-20(24)26/h2-3,5-6,13H,4,7-12,14H2,1H3. The first-order valence-corrected chi connectivity index (χ1v) is 9.61. The van der Waals surface area contributed by atoms with E-state index in [4.69, 9.17) is 8.94 Å². The average Bonchev–Trinajstić information content (AvgIpc) is 3.25. The SMILES string of the molecule is Cc1cc(CN2CCN(C(=O)CCCn3c(=O)oc4ccccc43)CC2)no1. The molecule has 2 aromatic heterocycles. The summed E-state index contributed by atoms with van der Waals surface area (Å²) in [6.07, 6.45) is 1.04. The van der Waals surface area contributed by atoms with Crippen LogP contribution in [0.3, 0.4) is 0 Å². The van der Waals surface area contributed by atoms with Crippen LogP contribution >= 0.6 is 0 Å². The zero-order valence-electron chi connectivity index (χ0n) is 16.0. The lowest BCUT2D eigenvalue weighted by Gasteiger charge is -2.34. The molecule has 0 aliphatic carbocycles. The smallest absolute Gasteiger partial charge is 0.408 e. The molecule has 1 saturated heterocycles. The lowest BCUT2D eigenvalue weighted by molar-refractivity contribution is -0.133. The molecule has 1 fully saturated rings. The second-order valence-electron chi connectivity index (χ2n) is 7.18. The summed E-state index contributed by atoms with van der Waals surface area (Å²) in [5.41, 5.74) is 2.28. The number of piperazine rings is 1. The maximum atomic E-state index is 12.5. The number of carbonyl (C=O) groups is 1. The highest BCUT2D eigenvalue weighted by Crippen LogP contribution is 2.14. The van der Waals surface area contributed by atoms with Crippen molar-refractivity contribution in [1.82, 2.24) is 19.5 Å². The number of hydrogen-bond acceptors (Lipinski definition) is 6. The molecular formula is C20H24N4O4. The van der Waals surface area contributed by atoms with Crippen LogP contribution in [-0.4, -0.2) is 51.6 Å². The van der Waals surface area contributed by atoms with Crippen LogP contribution in [0.25, 0.3) is 11.1 Å². The Labute approximate surface area is 162 Å². The zero-order valence-corrected chi connectivity index (χ0v) is 16.0. The normalized spacial score (nSPS) is 15.4. The van der Waals surface area contributed by atoms with Gasteiger partial charge in [0, 0.05) is 51.8 Å². The third-order valence-corrected chi connectivity index (χ3v) is 5.13. The van der Waals surface area contributed by atoms with Crippen molar-refractivity contribution in [2.75, 3.05) is 26.2 Å². The number of amides is 1. The Bertz CT molecular complexity index is 1010. The highest BCUT2D eigenvalue weighted by Gasteiger charge is 2.21. The second-order valence-corrected chi connectivity index (χ2v) is 7.18. The molecule has 28 heavy (non-hydrogen) atoms. The number of aromatic nitrogens is 2. The van der Waals surface area contributed by atoms with Crippen LogP contribution in [0, 0.1) is 6.92 Å². The Morgan fingerprint density at radius 1 is 1.18 bits per heavy atom. The topological polar surface area (TPSA) is 84.7 Å². The van der Waals surface area contributed by atoms with Gasteiger partial charge in [-0.2, -0.15) is 0 Å². The van der Waals surface area contributed by atoms with Gasteiger partial charge in [0.2, 0.25) is 5.91 Å². The molecule has 0 unspecified atom stereocenters. The van der Waals surface area contributed by atoms with Crippen LogP contribution in [0.5, 0.6) is 0 Å². The van der Waals surface area contributed by atoms with Gasteiger partial charge in [-0.25, -0.2) is 4.79 Å². The third kappa shape index (κ3) is 4.01. The van der Waals surface area contributed by atoms with E-state index < -0.39 is 0 Å². The molecule has 3 heterocycles. The Hall–Kier alpha value is -2.87. The lowest BCUT2D eigenvalue weighted by atomic mass is 10.2. The summed E-state index contributed by atoms with van der Waals surface area (Å²) in [6.45, 7) is 6.18. The summed E-state index contributed by atoms with van der Waals surface area (Å²) < 4.78 is 11.9. The van der Waals surface area contributed by atoms with Gasteiger partial charge in [0.15, 0.2) is 5.58 Å². The van der Waals surface area contributed by atoms with Gasteiger partial charge in [-0.05, 0) is 25.5 Å². The number of hydrogen-bond donors (Lipinski definition) is 0. The molecule has 0 saturated carbocycles. The molecule has 1 aliphatic heterocycles. The Kier molecular flexibility index (Phi) is 5.29. The van der Waals surface area contributed by atoms with E-state index in [0.717, 1.165) is 36.6 Å². The molecule has 0 radical (unpaired) electrons. The van der Waals surface area contributed by atoms with Gasteiger partial charge in [-0.3, -0.25) is 14.3 Å². The summed E-state index contributed by atoms with van der Waals surface area (Å²) in [6, 6.07) is 9.29. The number of benzene rings is 1. The Morgan fingerprint density at radius 3 is 2.71 bits per heavy atom. The van der Waals surface area contributed by atoms with Crippen molar-refractivity contribution in [2.45, 2.75) is 32.9 Å². The molecule has 8 heteroatoms. The van der Waals surface area contributed by atoms with E-state index in [0.29, 0.717) is 38.1 Å². The lowest BCUT2D eigenvalue weighted by Crippen LogP contribution is -2.48. The highest BCUT2D eigenvalue weighted by atomic mass is 16.5. The molecule has 4 rings (SSSR count). The molecule has 0 atom stereocenters. The van der Waals surface area contributed by atoms with Gasteiger partial charge in [0.25, 0.3) is 0 Å².